The number of rotatable bonds is 4. The summed E-state index contributed by atoms with van der Waals surface area (Å²) >= 11 is 7.39. The third-order valence-corrected chi connectivity index (χ3v) is 9.81. The van der Waals surface area contributed by atoms with Gasteiger partial charge in [0, 0.05) is 15.7 Å². The van der Waals surface area contributed by atoms with E-state index in [0.29, 0.717) is 17.0 Å². The van der Waals surface area contributed by atoms with Crippen LogP contribution in [0.1, 0.15) is 16.8 Å². The average molecular weight is 549 g/mol. The first kappa shape index (κ1) is 20.7. The SMILES string of the molecule is COc1ccccc1C(=O)Oc1cccc(N2C(=O)[C@H]3[C@@H]4C[C@H]([C@@H](Br)[C@H]4Br)[C@@H]3C2=O)c1. The Hall–Kier alpha value is -2.19. The maximum atomic E-state index is 13.2. The molecule has 31 heavy (non-hydrogen) atoms. The number of hydrogen-bond acceptors (Lipinski definition) is 5. The van der Waals surface area contributed by atoms with E-state index in [9.17, 15) is 14.4 Å². The van der Waals surface area contributed by atoms with E-state index < -0.39 is 5.97 Å². The van der Waals surface area contributed by atoms with Crippen LogP contribution in [0.3, 0.4) is 0 Å². The van der Waals surface area contributed by atoms with Crippen molar-refractivity contribution in [3.05, 3.63) is 54.1 Å². The van der Waals surface area contributed by atoms with Crippen molar-refractivity contribution in [2.24, 2.45) is 23.7 Å². The topological polar surface area (TPSA) is 72.9 Å². The maximum Gasteiger partial charge on any atom is 0.347 e. The summed E-state index contributed by atoms with van der Waals surface area (Å²) in [6.45, 7) is 0. The summed E-state index contributed by atoms with van der Waals surface area (Å²) in [4.78, 5) is 40.7. The molecule has 6 atom stereocenters. The van der Waals surface area contributed by atoms with Crippen molar-refractivity contribution in [1.29, 1.82) is 0 Å². The van der Waals surface area contributed by atoms with Crippen molar-refractivity contribution < 1.29 is 23.9 Å². The molecule has 1 heterocycles. The van der Waals surface area contributed by atoms with Crippen LogP contribution < -0.4 is 14.4 Å². The summed E-state index contributed by atoms with van der Waals surface area (Å²) in [6.07, 6.45) is 0.878. The zero-order chi connectivity index (χ0) is 21.9. The molecular weight excluding hydrogens is 530 g/mol. The fourth-order valence-corrected chi connectivity index (χ4v) is 7.14. The van der Waals surface area contributed by atoms with Crippen LogP contribution in [0, 0.1) is 23.7 Å². The third kappa shape index (κ3) is 3.14. The number of ether oxygens (including phenoxy) is 2. The first-order valence-electron chi connectivity index (χ1n) is 10.0. The second-order valence-electron chi connectivity index (χ2n) is 8.10. The summed E-state index contributed by atoms with van der Waals surface area (Å²) < 4.78 is 10.7. The second-order valence-corrected chi connectivity index (χ2v) is 10.2. The van der Waals surface area contributed by atoms with Gasteiger partial charge in [-0.05, 0) is 42.5 Å². The molecule has 2 saturated carbocycles. The van der Waals surface area contributed by atoms with Gasteiger partial charge in [0.15, 0.2) is 0 Å². The van der Waals surface area contributed by atoms with Gasteiger partial charge in [-0.1, -0.05) is 50.1 Å². The summed E-state index contributed by atoms with van der Waals surface area (Å²) in [5.74, 6) is -0.547. The monoisotopic (exact) mass is 547 g/mol. The number of carbonyl (C=O) groups excluding carboxylic acids is 3. The highest BCUT2D eigenvalue weighted by Crippen LogP contribution is 2.60. The Morgan fingerprint density at radius 2 is 1.61 bits per heavy atom. The van der Waals surface area contributed by atoms with Gasteiger partial charge < -0.3 is 9.47 Å². The Bertz CT molecular complexity index is 1060. The van der Waals surface area contributed by atoms with Gasteiger partial charge >= 0.3 is 5.97 Å². The number of carbonyl (C=O) groups is 3. The van der Waals surface area contributed by atoms with Crippen LogP contribution in [0.2, 0.25) is 0 Å². The number of fused-ring (bicyclic) bond motifs is 5. The largest absolute Gasteiger partial charge is 0.496 e. The number of imide groups is 1. The average Bonchev–Trinajstić information content (AvgIpc) is 3.38. The van der Waals surface area contributed by atoms with Crippen LogP contribution in [0.25, 0.3) is 0 Å². The van der Waals surface area contributed by atoms with Gasteiger partial charge in [0.25, 0.3) is 0 Å². The molecule has 2 amide bonds. The molecule has 0 aromatic heterocycles. The fourth-order valence-electron chi connectivity index (χ4n) is 5.26. The van der Waals surface area contributed by atoms with Gasteiger partial charge in [0.05, 0.1) is 24.6 Å². The molecule has 3 fully saturated rings. The normalized spacial score (nSPS) is 31.1. The minimum absolute atomic E-state index is 0.146. The van der Waals surface area contributed by atoms with Crippen molar-refractivity contribution in [3.63, 3.8) is 0 Å². The lowest BCUT2D eigenvalue weighted by Crippen LogP contribution is -2.37. The number of para-hydroxylation sites is 1. The molecule has 1 aliphatic heterocycles. The minimum Gasteiger partial charge on any atom is -0.496 e. The van der Waals surface area contributed by atoms with Gasteiger partial charge in [0.2, 0.25) is 11.8 Å². The first-order valence-corrected chi connectivity index (χ1v) is 11.9. The zero-order valence-electron chi connectivity index (χ0n) is 16.5. The molecule has 1 saturated heterocycles. The van der Waals surface area contributed by atoms with E-state index in [-0.39, 0.29) is 50.9 Å². The predicted octanol–water partition coefficient (Wildman–Crippen LogP) is 4.20. The highest BCUT2D eigenvalue weighted by Gasteiger charge is 2.66. The predicted molar refractivity (Wildman–Crippen MR) is 121 cm³/mol. The van der Waals surface area contributed by atoms with E-state index in [0.717, 1.165) is 6.42 Å². The highest BCUT2D eigenvalue weighted by atomic mass is 79.9. The molecule has 0 spiro atoms. The zero-order valence-corrected chi connectivity index (χ0v) is 19.7. The first-order chi connectivity index (χ1) is 14.9. The van der Waals surface area contributed by atoms with Gasteiger partial charge in [0.1, 0.15) is 17.1 Å². The van der Waals surface area contributed by atoms with Crippen LogP contribution in [0.5, 0.6) is 11.5 Å². The van der Waals surface area contributed by atoms with Crippen LogP contribution in [-0.2, 0) is 9.59 Å². The summed E-state index contributed by atoms with van der Waals surface area (Å²) in [5, 5.41) is 0. The van der Waals surface area contributed by atoms with Gasteiger partial charge in [-0.15, -0.1) is 0 Å². The van der Waals surface area contributed by atoms with Crippen molar-refractivity contribution in [2.45, 2.75) is 16.1 Å². The van der Waals surface area contributed by atoms with Crippen LogP contribution >= 0.6 is 31.9 Å². The summed E-state index contributed by atoms with van der Waals surface area (Å²) in [5.41, 5.74) is 0.716. The Balaban J connectivity index is 1.40. The van der Waals surface area contributed by atoms with Crippen molar-refractivity contribution in [3.8, 4) is 11.5 Å². The van der Waals surface area contributed by atoms with E-state index in [4.69, 9.17) is 9.47 Å². The molecule has 5 rings (SSSR count). The Labute approximate surface area is 196 Å². The van der Waals surface area contributed by atoms with E-state index in [1.54, 1.807) is 48.5 Å². The van der Waals surface area contributed by atoms with Crippen LogP contribution in [-0.4, -0.2) is 34.5 Å². The van der Waals surface area contributed by atoms with Crippen LogP contribution in [0.15, 0.2) is 48.5 Å². The number of hydrogen-bond donors (Lipinski definition) is 0. The molecule has 2 bridgehead atoms. The number of halogens is 2. The lowest BCUT2D eigenvalue weighted by Gasteiger charge is -2.28. The van der Waals surface area contributed by atoms with Crippen molar-refractivity contribution in [1.82, 2.24) is 0 Å². The summed E-state index contributed by atoms with van der Waals surface area (Å²) in [7, 11) is 1.48. The minimum atomic E-state index is -0.576. The number of anilines is 1. The lowest BCUT2D eigenvalue weighted by molar-refractivity contribution is -0.123. The molecule has 8 heteroatoms. The Morgan fingerprint density at radius 3 is 2.26 bits per heavy atom. The third-order valence-electron chi connectivity index (χ3n) is 6.60. The van der Waals surface area contributed by atoms with E-state index in [1.807, 2.05) is 0 Å². The smallest absolute Gasteiger partial charge is 0.347 e. The molecule has 2 aromatic carbocycles. The molecule has 2 aliphatic carbocycles. The Kier molecular flexibility index (Phi) is 5.17. The molecule has 3 aliphatic rings. The molecule has 2 aromatic rings. The number of nitrogens with zero attached hydrogens (tertiary/aromatic N) is 1. The lowest BCUT2D eigenvalue weighted by atomic mass is 9.81. The molecule has 0 N–H and O–H groups in total. The summed E-state index contributed by atoms with van der Waals surface area (Å²) in [6, 6.07) is 13.3. The molecule has 160 valence electrons. The van der Waals surface area contributed by atoms with Crippen molar-refractivity contribution >= 4 is 55.3 Å². The Morgan fingerprint density at radius 1 is 0.968 bits per heavy atom. The van der Waals surface area contributed by atoms with Crippen molar-refractivity contribution in [2.75, 3.05) is 12.0 Å². The number of methoxy groups -OCH3 is 1. The van der Waals surface area contributed by atoms with Gasteiger partial charge in [-0.3, -0.25) is 9.59 Å². The molecular formula is C23H19Br2NO5. The number of benzene rings is 2. The number of alkyl halides is 2. The molecule has 0 unspecified atom stereocenters. The van der Waals surface area contributed by atoms with E-state index >= 15 is 0 Å². The van der Waals surface area contributed by atoms with E-state index in [1.165, 1.54) is 12.0 Å². The standard InChI is InChI=1S/C23H19Br2NO5/c1-30-16-8-3-2-7-13(16)23(29)31-12-6-4-5-11(9-12)26-21(27)17-14-10-15(18(17)22(26)28)20(25)19(14)24/h2-9,14-15,17-20H,10H2,1H3/t14-,15-,17-,18-,19-,20+/m0/s1. The second kappa shape index (κ2) is 7.74. The molecule has 6 nitrogen and oxygen atoms in total. The maximum absolute atomic E-state index is 13.2. The molecule has 0 radical (unpaired) electrons. The number of amides is 2. The van der Waals surface area contributed by atoms with Gasteiger partial charge in [-0.2, -0.15) is 0 Å². The van der Waals surface area contributed by atoms with Crippen LogP contribution in [0.4, 0.5) is 5.69 Å². The number of esters is 1. The van der Waals surface area contributed by atoms with E-state index in [2.05, 4.69) is 31.9 Å². The fraction of sp³-hybridized carbons (Fsp3) is 0.348. The highest BCUT2D eigenvalue weighted by molar-refractivity contribution is 9.12. The quantitative estimate of drug-likeness (QED) is 0.248. The van der Waals surface area contributed by atoms with Gasteiger partial charge in [-0.25, -0.2) is 9.69 Å².